The largest absolute Gasteiger partial charge is 0.467 e. The minimum atomic E-state index is -4.98. The molecular formula is C13H16N4O9S. The maximum atomic E-state index is 12.5. The molecule has 1 aromatic heterocycles. The predicted octanol–water partition coefficient (Wildman–Crippen LogP) is -0.813. The van der Waals surface area contributed by atoms with Crippen molar-refractivity contribution in [3.8, 4) is 0 Å². The van der Waals surface area contributed by atoms with Gasteiger partial charge in [-0.15, -0.1) is 4.28 Å². The van der Waals surface area contributed by atoms with Crippen LogP contribution in [0.2, 0.25) is 0 Å². The lowest BCUT2D eigenvalue weighted by molar-refractivity contribution is -0.147. The zero-order chi connectivity index (χ0) is 19.9. The molecule has 14 heteroatoms. The number of rotatable bonds is 6. The number of urea groups is 1. The van der Waals surface area contributed by atoms with Crippen molar-refractivity contribution < 1.29 is 41.1 Å². The van der Waals surface area contributed by atoms with Gasteiger partial charge >= 0.3 is 28.4 Å². The van der Waals surface area contributed by atoms with Crippen LogP contribution < -0.4 is 0 Å². The molecule has 1 aromatic rings. The summed E-state index contributed by atoms with van der Waals surface area (Å²) in [5.41, 5.74) is 0.446. The SMILES string of the molecule is CCOC(=O)Cn1ncc2c1C(C(=O)OC)N1CC2N(OS(=O)(=O)O)C1=O. The lowest BCUT2D eigenvalue weighted by Crippen LogP contribution is -2.40. The molecule has 2 unspecified atom stereocenters. The van der Waals surface area contributed by atoms with Crippen LogP contribution in [-0.4, -0.2) is 70.9 Å². The first-order chi connectivity index (χ1) is 12.7. The Morgan fingerprint density at radius 3 is 2.70 bits per heavy atom. The standard InChI is InChI=1S/C13H16N4O9S/c1-3-25-9(18)6-16-10-7(4-14-16)8-5-15(11(10)12(19)24-2)13(20)17(8)26-27(21,22)23/h4,8,11H,3,5-6H2,1-2H3,(H,21,22,23). The van der Waals surface area contributed by atoms with E-state index in [0.29, 0.717) is 5.06 Å². The zero-order valence-electron chi connectivity index (χ0n) is 14.3. The maximum absolute atomic E-state index is 12.5. The molecule has 0 radical (unpaired) electrons. The van der Waals surface area contributed by atoms with Crippen LogP contribution in [0.3, 0.4) is 0 Å². The van der Waals surface area contributed by atoms with E-state index in [9.17, 15) is 22.8 Å². The van der Waals surface area contributed by atoms with Crippen molar-refractivity contribution in [1.29, 1.82) is 0 Å². The molecule has 27 heavy (non-hydrogen) atoms. The molecule has 1 N–H and O–H groups in total. The van der Waals surface area contributed by atoms with Gasteiger partial charge in [-0.2, -0.15) is 18.6 Å². The van der Waals surface area contributed by atoms with Gasteiger partial charge in [0.25, 0.3) is 0 Å². The van der Waals surface area contributed by atoms with Crippen molar-refractivity contribution in [2.24, 2.45) is 0 Å². The molecule has 2 bridgehead atoms. The molecule has 0 saturated carbocycles. The van der Waals surface area contributed by atoms with E-state index in [1.807, 2.05) is 0 Å². The van der Waals surface area contributed by atoms with E-state index in [4.69, 9.17) is 14.0 Å². The highest BCUT2D eigenvalue weighted by Gasteiger charge is 2.54. The normalized spacial score (nSPS) is 21.2. The summed E-state index contributed by atoms with van der Waals surface area (Å²) in [6, 6.07) is -3.21. The molecule has 2 aliphatic rings. The van der Waals surface area contributed by atoms with Crippen LogP contribution in [0.4, 0.5) is 4.79 Å². The first kappa shape index (κ1) is 19.1. The summed E-state index contributed by atoms with van der Waals surface area (Å²) in [6.45, 7) is 1.34. The van der Waals surface area contributed by atoms with Gasteiger partial charge in [-0.05, 0) is 6.92 Å². The summed E-state index contributed by atoms with van der Waals surface area (Å²) in [7, 11) is -3.87. The monoisotopic (exact) mass is 404 g/mol. The van der Waals surface area contributed by atoms with Crippen LogP contribution in [0.5, 0.6) is 0 Å². The molecule has 3 rings (SSSR count). The lowest BCUT2D eigenvalue weighted by Gasteiger charge is -2.29. The number of fused-ring (bicyclic) bond motifs is 4. The van der Waals surface area contributed by atoms with E-state index in [2.05, 4.69) is 9.38 Å². The second-order valence-corrected chi connectivity index (χ2v) is 6.66. The van der Waals surface area contributed by atoms with E-state index in [1.54, 1.807) is 6.92 Å². The number of hydrogen-bond donors (Lipinski definition) is 1. The Morgan fingerprint density at radius 2 is 2.11 bits per heavy atom. The fraction of sp³-hybridized carbons (Fsp3) is 0.538. The number of hydroxylamine groups is 2. The van der Waals surface area contributed by atoms with Crippen molar-refractivity contribution in [2.45, 2.75) is 25.6 Å². The fourth-order valence-corrected chi connectivity index (χ4v) is 3.51. The molecule has 1 fully saturated rings. The number of aromatic nitrogens is 2. The molecule has 0 aliphatic carbocycles. The number of carbonyl (C=O) groups excluding carboxylic acids is 3. The summed E-state index contributed by atoms with van der Waals surface area (Å²) in [5, 5.41) is 4.48. The van der Waals surface area contributed by atoms with Gasteiger partial charge in [-0.3, -0.25) is 14.0 Å². The van der Waals surface area contributed by atoms with Gasteiger partial charge in [0.05, 0.1) is 32.2 Å². The molecule has 2 aliphatic heterocycles. The predicted molar refractivity (Wildman–Crippen MR) is 82.9 cm³/mol. The molecule has 13 nitrogen and oxygen atoms in total. The van der Waals surface area contributed by atoms with Gasteiger partial charge in [-0.25, -0.2) is 9.59 Å². The van der Waals surface area contributed by atoms with Gasteiger partial charge < -0.3 is 14.4 Å². The van der Waals surface area contributed by atoms with Gasteiger partial charge in [0, 0.05) is 5.56 Å². The smallest absolute Gasteiger partial charge is 0.418 e. The van der Waals surface area contributed by atoms with Gasteiger partial charge in [0.2, 0.25) is 0 Å². The molecule has 148 valence electrons. The van der Waals surface area contributed by atoms with Crippen LogP contribution >= 0.6 is 0 Å². The Morgan fingerprint density at radius 1 is 1.41 bits per heavy atom. The Balaban J connectivity index is 2.06. The quantitative estimate of drug-likeness (QED) is 0.469. The van der Waals surface area contributed by atoms with Crippen LogP contribution in [0, 0.1) is 0 Å². The first-order valence-corrected chi connectivity index (χ1v) is 9.10. The molecule has 1 saturated heterocycles. The minimum absolute atomic E-state index is 0.105. The molecule has 2 amide bonds. The van der Waals surface area contributed by atoms with Crippen LogP contribution in [0.25, 0.3) is 0 Å². The molecular weight excluding hydrogens is 388 g/mol. The fourth-order valence-electron chi connectivity index (χ4n) is 3.14. The zero-order valence-corrected chi connectivity index (χ0v) is 15.1. The Hall–Kier alpha value is -2.71. The van der Waals surface area contributed by atoms with E-state index >= 15 is 0 Å². The minimum Gasteiger partial charge on any atom is -0.467 e. The third kappa shape index (κ3) is 3.33. The number of methoxy groups -OCH3 is 1. The van der Waals surface area contributed by atoms with Crippen molar-refractivity contribution in [3.05, 3.63) is 17.5 Å². The number of hydrogen-bond acceptors (Lipinski definition) is 9. The summed E-state index contributed by atoms with van der Waals surface area (Å²) in [5.74, 6) is -1.43. The molecule has 0 spiro atoms. The average Bonchev–Trinajstić information content (AvgIpc) is 3.10. The van der Waals surface area contributed by atoms with E-state index in [0.717, 1.165) is 12.0 Å². The van der Waals surface area contributed by atoms with Crippen molar-refractivity contribution in [3.63, 3.8) is 0 Å². The summed E-state index contributed by atoms with van der Waals surface area (Å²) < 4.78 is 46.2. The van der Waals surface area contributed by atoms with Gasteiger partial charge in [-0.1, -0.05) is 0 Å². The number of esters is 2. The number of amides is 2. The van der Waals surface area contributed by atoms with Gasteiger partial charge in [0.15, 0.2) is 6.04 Å². The van der Waals surface area contributed by atoms with Crippen molar-refractivity contribution in [2.75, 3.05) is 20.3 Å². The average molecular weight is 404 g/mol. The Bertz CT molecular complexity index is 896. The third-order valence-electron chi connectivity index (χ3n) is 4.11. The molecule has 0 aromatic carbocycles. The topological polar surface area (TPSA) is 158 Å². The Kier molecular flexibility index (Phi) is 4.79. The van der Waals surface area contributed by atoms with Crippen LogP contribution in [0.1, 0.15) is 30.3 Å². The van der Waals surface area contributed by atoms with Crippen molar-refractivity contribution in [1.82, 2.24) is 19.7 Å². The highest BCUT2D eigenvalue weighted by atomic mass is 32.3. The summed E-state index contributed by atoms with van der Waals surface area (Å²) in [4.78, 5) is 37.7. The maximum Gasteiger partial charge on any atom is 0.418 e. The lowest BCUT2D eigenvalue weighted by atomic mass is 9.98. The summed E-state index contributed by atoms with van der Waals surface area (Å²) in [6.07, 6.45) is 1.28. The third-order valence-corrected chi connectivity index (χ3v) is 4.46. The highest BCUT2D eigenvalue weighted by Crippen LogP contribution is 2.44. The van der Waals surface area contributed by atoms with Crippen LogP contribution in [0.15, 0.2) is 6.20 Å². The molecule has 2 atom stereocenters. The second-order valence-electron chi connectivity index (χ2n) is 5.65. The molecule has 3 heterocycles. The first-order valence-electron chi connectivity index (χ1n) is 7.73. The van der Waals surface area contributed by atoms with Crippen molar-refractivity contribution >= 4 is 28.4 Å². The van der Waals surface area contributed by atoms with E-state index < -0.39 is 40.5 Å². The number of ether oxygens (including phenoxy) is 2. The van der Waals surface area contributed by atoms with Crippen LogP contribution in [-0.2, 0) is 40.3 Å². The van der Waals surface area contributed by atoms with E-state index in [1.165, 1.54) is 10.9 Å². The number of nitrogens with zero attached hydrogens (tertiary/aromatic N) is 4. The Labute approximate surface area is 153 Å². The second kappa shape index (κ2) is 6.79. The highest BCUT2D eigenvalue weighted by molar-refractivity contribution is 7.80. The number of carbonyl (C=O) groups is 3. The summed E-state index contributed by atoms with van der Waals surface area (Å²) >= 11 is 0. The van der Waals surface area contributed by atoms with E-state index in [-0.39, 0.29) is 31.0 Å². The van der Waals surface area contributed by atoms with Gasteiger partial charge in [0.1, 0.15) is 12.6 Å².